The smallest absolute Gasteiger partial charge is 0.251 e. The average Bonchev–Trinajstić information content (AvgIpc) is 3.59. The van der Waals surface area contributed by atoms with E-state index in [1.807, 2.05) is 30.9 Å². The van der Waals surface area contributed by atoms with Crippen LogP contribution in [0.3, 0.4) is 0 Å². The third-order valence-electron chi connectivity index (χ3n) is 8.82. The molecule has 1 aromatic rings. The van der Waals surface area contributed by atoms with Gasteiger partial charge in [0.15, 0.2) is 0 Å². The Bertz CT molecular complexity index is 1140. The highest BCUT2D eigenvalue weighted by Crippen LogP contribution is 2.66. The molecule has 0 aliphatic carbocycles. The summed E-state index contributed by atoms with van der Waals surface area (Å²) in [6.45, 7) is 13.6. The number of carbonyl (C=O) groups is 3. The van der Waals surface area contributed by atoms with Gasteiger partial charge in [0.1, 0.15) is 6.04 Å². The van der Waals surface area contributed by atoms with E-state index in [4.69, 9.17) is 11.6 Å². The monoisotopic (exact) mass is 601 g/mol. The minimum Gasteiger partial charge on any atom is -0.396 e. The molecule has 0 radical (unpaired) electrons. The number of para-hydroxylation sites is 1. The lowest BCUT2D eigenvalue weighted by molar-refractivity contribution is -0.143. The molecule has 0 saturated carbocycles. The maximum atomic E-state index is 14.7. The average molecular weight is 602 g/mol. The molecule has 1 N–H and O–H groups in total. The van der Waals surface area contributed by atoms with E-state index < -0.39 is 22.6 Å². The van der Waals surface area contributed by atoms with Crippen LogP contribution < -0.4 is 4.90 Å². The number of aliphatic hydroxyl groups is 1. The Hall–Kier alpha value is -2.29. The minimum absolute atomic E-state index is 0.00469. The lowest BCUT2D eigenvalue weighted by atomic mass is 9.70. The first-order valence-electron chi connectivity index (χ1n) is 14.9. The highest BCUT2D eigenvalue weighted by molar-refractivity contribution is 8.02. The van der Waals surface area contributed by atoms with Crippen LogP contribution in [0.5, 0.6) is 0 Å². The van der Waals surface area contributed by atoms with Crippen molar-refractivity contribution in [3.63, 3.8) is 0 Å². The van der Waals surface area contributed by atoms with Gasteiger partial charge in [-0.3, -0.25) is 14.4 Å². The van der Waals surface area contributed by atoms with E-state index in [2.05, 4.69) is 13.2 Å². The van der Waals surface area contributed by atoms with Gasteiger partial charge < -0.3 is 19.8 Å². The van der Waals surface area contributed by atoms with Gasteiger partial charge in [-0.2, -0.15) is 0 Å². The van der Waals surface area contributed by atoms with Gasteiger partial charge in [0, 0.05) is 38.0 Å². The fraction of sp³-hybridized carbons (Fsp3) is 0.594. The van der Waals surface area contributed by atoms with Crippen molar-refractivity contribution in [2.45, 2.75) is 74.8 Å². The Balaban J connectivity index is 1.75. The van der Waals surface area contributed by atoms with E-state index in [-0.39, 0.29) is 36.1 Å². The first-order chi connectivity index (χ1) is 19.8. The van der Waals surface area contributed by atoms with Gasteiger partial charge >= 0.3 is 0 Å². The van der Waals surface area contributed by atoms with Crippen molar-refractivity contribution in [3.05, 3.63) is 54.1 Å². The van der Waals surface area contributed by atoms with Gasteiger partial charge in [-0.1, -0.05) is 55.7 Å². The molecule has 2 unspecified atom stereocenters. The molecule has 5 atom stereocenters. The molecule has 41 heavy (non-hydrogen) atoms. The molecule has 3 aliphatic heterocycles. The van der Waals surface area contributed by atoms with Crippen molar-refractivity contribution in [1.29, 1.82) is 0 Å². The number of rotatable bonds is 15. The molecule has 4 rings (SSSR count). The number of benzene rings is 1. The van der Waals surface area contributed by atoms with Gasteiger partial charge in [0.05, 0.1) is 27.3 Å². The summed E-state index contributed by atoms with van der Waals surface area (Å²) < 4.78 is -0.662. The van der Waals surface area contributed by atoms with E-state index in [1.165, 1.54) is 0 Å². The summed E-state index contributed by atoms with van der Waals surface area (Å²) in [6, 6.07) is 4.87. The highest BCUT2D eigenvalue weighted by Gasteiger charge is 2.74. The maximum absolute atomic E-state index is 14.7. The van der Waals surface area contributed by atoms with Crippen LogP contribution in [0.2, 0.25) is 5.02 Å². The van der Waals surface area contributed by atoms with Crippen LogP contribution in [0.15, 0.2) is 43.5 Å². The molecule has 7 nitrogen and oxygen atoms in total. The third kappa shape index (κ3) is 5.84. The standard InChI is InChI=1S/C32H44ClN3O4S/c1-5-17-34(18-6-2)29(38)25-24-15-16-32(41-24)26(25)30(39)36(20-10-8-9-11-21-37)28(32)31(40)35(19-7-3)27-22(4)13-12-14-23(27)33/h5,7,12-14,24-26,28,37H,1,3,6,8-11,15-21H2,2,4H3/t24-,25+,26+,28?,32?/m1/s1. The number of halogens is 1. The lowest BCUT2D eigenvalue weighted by Crippen LogP contribution is -2.55. The van der Waals surface area contributed by atoms with Gasteiger partial charge in [-0.05, 0) is 50.7 Å². The summed E-state index contributed by atoms with van der Waals surface area (Å²) in [5.74, 6) is -1.22. The van der Waals surface area contributed by atoms with E-state index in [0.717, 1.165) is 44.1 Å². The molecule has 0 aromatic heterocycles. The Morgan fingerprint density at radius 1 is 1.17 bits per heavy atom. The number of anilines is 1. The second-order valence-electron chi connectivity index (χ2n) is 11.4. The largest absolute Gasteiger partial charge is 0.396 e. The highest BCUT2D eigenvalue weighted by atomic mass is 35.5. The number of likely N-dealkylation sites (tertiary alicyclic amines) is 1. The van der Waals surface area contributed by atoms with E-state index in [1.54, 1.807) is 39.8 Å². The second kappa shape index (κ2) is 13.8. The zero-order chi connectivity index (χ0) is 29.7. The minimum atomic E-state index is -0.694. The number of aryl methyl sites for hydroxylation is 1. The van der Waals surface area contributed by atoms with Crippen LogP contribution in [-0.2, 0) is 14.4 Å². The summed E-state index contributed by atoms with van der Waals surface area (Å²) in [5.41, 5.74) is 1.51. The fourth-order valence-corrected chi connectivity index (χ4v) is 9.69. The van der Waals surface area contributed by atoms with Crippen LogP contribution in [0.25, 0.3) is 0 Å². The molecular formula is C32H44ClN3O4S. The van der Waals surface area contributed by atoms with E-state index in [9.17, 15) is 19.5 Å². The number of hydrogen-bond acceptors (Lipinski definition) is 5. The predicted octanol–water partition coefficient (Wildman–Crippen LogP) is 5.24. The molecule has 3 aliphatic rings. The van der Waals surface area contributed by atoms with Crippen molar-refractivity contribution in [3.8, 4) is 0 Å². The topological polar surface area (TPSA) is 81.2 Å². The zero-order valence-corrected chi connectivity index (χ0v) is 26.0. The van der Waals surface area contributed by atoms with Gasteiger partial charge in [-0.15, -0.1) is 24.9 Å². The number of hydrogen-bond donors (Lipinski definition) is 1. The molecule has 2 bridgehead atoms. The van der Waals surface area contributed by atoms with Crippen LogP contribution in [-0.4, -0.2) is 81.5 Å². The Morgan fingerprint density at radius 3 is 2.56 bits per heavy atom. The summed E-state index contributed by atoms with van der Waals surface area (Å²) in [7, 11) is 0. The third-order valence-corrected chi connectivity index (χ3v) is 11.1. The van der Waals surface area contributed by atoms with E-state index in [0.29, 0.717) is 36.8 Å². The number of carbonyl (C=O) groups excluding carboxylic acids is 3. The summed E-state index contributed by atoms with van der Waals surface area (Å²) in [5, 5.41) is 9.69. The van der Waals surface area contributed by atoms with E-state index >= 15 is 0 Å². The van der Waals surface area contributed by atoms with Crippen LogP contribution >= 0.6 is 23.4 Å². The number of amides is 3. The first kappa shape index (κ1) is 31.6. The Kier molecular flexibility index (Phi) is 10.6. The molecule has 3 fully saturated rings. The number of nitrogens with zero attached hydrogens (tertiary/aromatic N) is 3. The Labute approximate surface area is 254 Å². The fourth-order valence-electron chi connectivity index (χ4n) is 7.16. The van der Waals surface area contributed by atoms with Crippen molar-refractivity contribution >= 4 is 46.8 Å². The summed E-state index contributed by atoms with van der Waals surface area (Å²) >= 11 is 8.36. The summed E-state index contributed by atoms with van der Waals surface area (Å²) in [6.07, 6.45) is 8.94. The lowest BCUT2D eigenvalue weighted by Gasteiger charge is -2.38. The van der Waals surface area contributed by atoms with Gasteiger partial charge in [0.25, 0.3) is 5.91 Å². The van der Waals surface area contributed by atoms with Gasteiger partial charge in [-0.25, -0.2) is 0 Å². The molecule has 3 heterocycles. The van der Waals surface area contributed by atoms with Crippen molar-refractivity contribution in [1.82, 2.24) is 9.80 Å². The zero-order valence-electron chi connectivity index (χ0n) is 24.4. The number of aliphatic hydroxyl groups excluding tert-OH is 1. The van der Waals surface area contributed by atoms with Crippen molar-refractivity contribution in [2.24, 2.45) is 11.8 Å². The number of thioether (sulfide) groups is 1. The van der Waals surface area contributed by atoms with Gasteiger partial charge in [0.2, 0.25) is 11.8 Å². The van der Waals surface area contributed by atoms with Crippen LogP contribution in [0.4, 0.5) is 5.69 Å². The predicted molar refractivity (Wildman–Crippen MR) is 167 cm³/mol. The number of fused-ring (bicyclic) bond motifs is 1. The first-order valence-corrected chi connectivity index (χ1v) is 16.2. The summed E-state index contributed by atoms with van der Waals surface area (Å²) in [4.78, 5) is 48.4. The molecule has 1 spiro atoms. The van der Waals surface area contributed by atoms with Crippen LogP contribution in [0.1, 0.15) is 57.4 Å². The molecule has 224 valence electrons. The molecule has 1 aromatic carbocycles. The quantitative estimate of drug-likeness (QED) is 0.220. The normalized spacial score (nSPS) is 26.2. The number of unbranched alkanes of at least 4 members (excludes halogenated alkanes) is 3. The molecule has 3 saturated heterocycles. The van der Waals surface area contributed by atoms with Crippen molar-refractivity contribution in [2.75, 3.05) is 37.7 Å². The van der Waals surface area contributed by atoms with Crippen LogP contribution in [0, 0.1) is 18.8 Å². The molecule has 9 heteroatoms. The molecule has 3 amide bonds. The SMILES string of the molecule is C=CCN(CCC)C(=O)[C@@H]1[C@H]2C(=O)N(CCCCCCO)C(C(=O)N(CC=C)c3c(C)cccc3Cl)C23CC[C@H]1S3. The van der Waals surface area contributed by atoms with Crippen molar-refractivity contribution < 1.29 is 19.5 Å². The maximum Gasteiger partial charge on any atom is 0.251 e. The second-order valence-corrected chi connectivity index (χ2v) is 13.4. The Morgan fingerprint density at radius 2 is 1.90 bits per heavy atom. The molecular weight excluding hydrogens is 558 g/mol.